The lowest BCUT2D eigenvalue weighted by atomic mass is 10.2. The lowest BCUT2D eigenvalue weighted by molar-refractivity contribution is -0.384. The van der Waals surface area contributed by atoms with E-state index in [4.69, 9.17) is 0 Å². The van der Waals surface area contributed by atoms with Gasteiger partial charge in [-0.25, -0.2) is 4.39 Å². The molecular formula is C7H4FN3O2. The van der Waals surface area contributed by atoms with E-state index in [9.17, 15) is 14.5 Å². The lowest BCUT2D eigenvalue weighted by Crippen LogP contribution is -1.89. The number of nitro groups is 1. The summed E-state index contributed by atoms with van der Waals surface area (Å²) >= 11 is 0. The van der Waals surface area contributed by atoms with E-state index >= 15 is 0 Å². The Hall–Kier alpha value is -1.98. The number of fused-ring (bicyclic) bond motifs is 1. The molecule has 1 aromatic carbocycles. The van der Waals surface area contributed by atoms with Gasteiger partial charge in [-0.3, -0.25) is 15.2 Å². The molecule has 0 fully saturated rings. The summed E-state index contributed by atoms with van der Waals surface area (Å²) in [5.74, 6) is -0.641. The van der Waals surface area contributed by atoms with Crippen molar-refractivity contribution in [2.45, 2.75) is 0 Å². The zero-order valence-corrected chi connectivity index (χ0v) is 6.32. The first-order valence-electron chi connectivity index (χ1n) is 3.45. The molecule has 0 saturated heterocycles. The molecule has 66 valence electrons. The maximum absolute atomic E-state index is 13.1. The van der Waals surface area contributed by atoms with Gasteiger partial charge in [-0.15, -0.1) is 0 Å². The van der Waals surface area contributed by atoms with E-state index in [2.05, 4.69) is 10.2 Å². The number of aromatic nitrogens is 2. The summed E-state index contributed by atoms with van der Waals surface area (Å²) in [5.41, 5.74) is 0.0425. The van der Waals surface area contributed by atoms with Crippen LogP contribution in [-0.4, -0.2) is 15.1 Å². The first kappa shape index (κ1) is 7.66. The first-order valence-corrected chi connectivity index (χ1v) is 3.45. The number of aromatic amines is 1. The zero-order chi connectivity index (χ0) is 9.42. The van der Waals surface area contributed by atoms with E-state index in [1.165, 1.54) is 12.3 Å². The second kappa shape index (κ2) is 2.51. The molecule has 0 amide bonds. The van der Waals surface area contributed by atoms with Crippen molar-refractivity contribution in [2.75, 3.05) is 0 Å². The number of H-pyrrole nitrogens is 1. The highest BCUT2D eigenvalue weighted by molar-refractivity contribution is 5.80. The van der Waals surface area contributed by atoms with Gasteiger partial charge in [0.05, 0.1) is 28.1 Å². The topological polar surface area (TPSA) is 71.8 Å². The third-order valence-electron chi connectivity index (χ3n) is 1.70. The molecular weight excluding hydrogens is 177 g/mol. The molecule has 0 spiro atoms. The predicted molar refractivity (Wildman–Crippen MR) is 42.7 cm³/mol. The lowest BCUT2D eigenvalue weighted by Gasteiger charge is -1.92. The number of rotatable bonds is 1. The van der Waals surface area contributed by atoms with Crippen LogP contribution in [0, 0.1) is 15.9 Å². The normalized spacial score (nSPS) is 10.5. The zero-order valence-electron chi connectivity index (χ0n) is 6.32. The minimum atomic E-state index is -0.649. The Morgan fingerprint density at radius 2 is 2.31 bits per heavy atom. The van der Waals surface area contributed by atoms with E-state index in [1.807, 2.05) is 0 Å². The highest BCUT2D eigenvalue weighted by Gasteiger charge is 2.11. The third-order valence-corrected chi connectivity index (χ3v) is 1.70. The van der Waals surface area contributed by atoms with Crippen molar-refractivity contribution >= 4 is 16.6 Å². The Balaban J connectivity index is 2.77. The molecule has 6 heteroatoms. The molecule has 13 heavy (non-hydrogen) atoms. The molecule has 0 radical (unpaired) electrons. The average molecular weight is 181 g/mol. The van der Waals surface area contributed by atoms with Gasteiger partial charge in [-0.1, -0.05) is 0 Å². The van der Waals surface area contributed by atoms with Gasteiger partial charge in [0.2, 0.25) is 0 Å². The molecule has 0 aliphatic carbocycles. The van der Waals surface area contributed by atoms with Crippen LogP contribution in [0.1, 0.15) is 0 Å². The number of halogens is 1. The fraction of sp³-hybridized carbons (Fsp3) is 0. The minimum Gasteiger partial charge on any atom is -0.277 e. The molecule has 2 rings (SSSR count). The van der Waals surface area contributed by atoms with Gasteiger partial charge in [0.1, 0.15) is 5.82 Å². The predicted octanol–water partition coefficient (Wildman–Crippen LogP) is 1.61. The van der Waals surface area contributed by atoms with E-state index in [-0.39, 0.29) is 11.1 Å². The number of benzene rings is 1. The number of nitrogens with one attached hydrogen (secondary N) is 1. The fourth-order valence-electron chi connectivity index (χ4n) is 1.10. The smallest absolute Gasteiger partial charge is 0.274 e. The molecule has 0 aliphatic rings. The summed E-state index contributed by atoms with van der Waals surface area (Å²) in [4.78, 5) is 9.67. The Morgan fingerprint density at radius 3 is 3.00 bits per heavy atom. The molecule has 2 aromatic rings. The molecule has 5 nitrogen and oxygen atoms in total. The Labute approximate surface area is 71.3 Å². The van der Waals surface area contributed by atoms with E-state index in [1.54, 1.807) is 0 Å². The van der Waals surface area contributed by atoms with Gasteiger partial charge >= 0.3 is 0 Å². The number of nitro benzene ring substituents is 1. The van der Waals surface area contributed by atoms with Crippen LogP contribution in [0.3, 0.4) is 0 Å². The number of hydrogen-bond acceptors (Lipinski definition) is 3. The number of non-ortho nitro benzene ring substituents is 1. The van der Waals surface area contributed by atoms with Gasteiger partial charge < -0.3 is 0 Å². The van der Waals surface area contributed by atoms with Crippen LogP contribution >= 0.6 is 0 Å². The first-order chi connectivity index (χ1) is 6.18. The largest absolute Gasteiger partial charge is 0.277 e. The quantitative estimate of drug-likeness (QED) is 0.536. The van der Waals surface area contributed by atoms with Crippen LogP contribution in [0.4, 0.5) is 10.1 Å². The molecule has 1 aromatic heterocycles. The van der Waals surface area contributed by atoms with Crippen LogP contribution in [-0.2, 0) is 0 Å². The minimum absolute atomic E-state index is 0.255. The van der Waals surface area contributed by atoms with Gasteiger partial charge in [0.15, 0.2) is 0 Å². The molecule has 1 N–H and O–H groups in total. The van der Waals surface area contributed by atoms with Gasteiger partial charge in [0.25, 0.3) is 5.69 Å². The second-order valence-electron chi connectivity index (χ2n) is 2.52. The molecule has 1 heterocycles. The van der Waals surface area contributed by atoms with E-state index in [0.717, 1.165) is 6.07 Å². The highest BCUT2D eigenvalue weighted by atomic mass is 19.1. The average Bonchev–Trinajstić information content (AvgIpc) is 2.51. The Bertz CT molecular complexity index is 480. The van der Waals surface area contributed by atoms with Crippen molar-refractivity contribution < 1.29 is 9.31 Å². The van der Waals surface area contributed by atoms with E-state index in [0.29, 0.717) is 5.52 Å². The summed E-state index contributed by atoms with van der Waals surface area (Å²) in [7, 11) is 0. The van der Waals surface area contributed by atoms with Crippen molar-refractivity contribution in [3.63, 3.8) is 0 Å². The summed E-state index contributed by atoms with van der Waals surface area (Å²) in [5, 5.41) is 16.6. The molecule has 0 unspecified atom stereocenters. The van der Waals surface area contributed by atoms with Crippen LogP contribution in [0.5, 0.6) is 0 Å². The second-order valence-corrected chi connectivity index (χ2v) is 2.52. The van der Waals surface area contributed by atoms with Crippen molar-refractivity contribution in [3.8, 4) is 0 Å². The van der Waals surface area contributed by atoms with E-state index < -0.39 is 10.7 Å². The van der Waals surface area contributed by atoms with Crippen molar-refractivity contribution in [3.05, 3.63) is 34.3 Å². The van der Waals surface area contributed by atoms with Crippen LogP contribution in [0.25, 0.3) is 10.9 Å². The maximum Gasteiger partial charge on any atom is 0.274 e. The number of nitrogens with zero attached hydrogens (tertiary/aromatic N) is 2. The molecule has 0 atom stereocenters. The maximum atomic E-state index is 13.1. The summed E-state index contributed by atoms with van der Waals surface area (Å²) in [6, 6.07) is 2.11. The molecule has 0 bridgehead atoms. The van der Waals surface area contributed by atoms with Crippen LogP contribution in [0.15, 0.2) is 18.3 Å². The monoisotopic (exact) mass is 181 g/mol. The standard InChI is InChI=1S/C7H4FN3O2/c8-6-1-4(11(12)13)2-7-5(6)3-9-10-7/h1-3H,(H,9,10). The summed E-state index contributed by atoms with van der Waals surface area (Å²) in [6.07, 6.45) is 1.29. The fourth-order valence-corrected chi connectivity index (χ4v) is 1.10. The highest BCUT2D eigenvalue weighted by Crippen LogP contribution is 2.21. The SMILES string of the molecule is O=[N+]([O-])c1cc(F)c2cn[nH]c2c1. The molecule has 0 aliphatic heterocycles. The molecule has 0 saturated carbocycles. The number of hydrogen-bond donors (Lipinski definition) is 1. The Kier molecular flexibility index (Phi) is 1.48. The van der Waals surface area contributed by atoms with Gasteiger partial charge in [-0.05, 0) is 0 Å². The summed E-state index contributed by atoms with van der Waals surface area (Å²) < 4.78 is 13.1. The Morgan fingerprint density at radius 1 is 1.54 bits per heavy atom. The van der Waals surface area contributed by atoms with Crippen LogP contribution < -0.4 is 0 Å². The van der Waals surface area contributed by atoms with Crippen molar-refractivity contribution in [1.82, 2.24) is 10.2 Å². The van der Waals surface area contributed by atoms with Gasteiger partial charge in [0, 0.05) is 6.07 Å². The van der Waals surface area contributed by atoms with Gasteiger partial charge in [-0.2, -0.15) is 5.10 Å². The third kappa shape index (κ3) is 1.12. The summed E-state index contributed by atoms with van der Waals surface area (Å²) in [6.45, 7) is 0. The van der Waals surface area contributed by atoms with Crippen LogP contribution in [0.2, 0.25) is 0 Å². The van der Waals surface area contributed by atoms with Crippen molar-refractivity contribution in [1.29, 1.82) is 0 Å². The van der Waals surface area contributed by atoms with Crippen molar-refractivity contribution in [2.24, 2.45) is 0 Å².